The standard InChI is InChI=1S/C18H29N/c1-15(2)18-11-9-17(10-12-18)14-19-13-5-8-16-6-3-4-7-16/h9-12,15-16,19H,3-8,13-14H2,1-2H3. The molecule has 0 spiro atoms. The van der Waals surface area contributed by atoms with Gasteiger partial charge in [0, 0.05) is 6.54 Å². The van der Waals surface area contributed by atoms with E-state index < -0.39 is 0 Å². The highest BCUT2D eigenvalue weighted by Crippen LogP contribution is 2.28. The fraction of sp³-hybridized carbons (Fsp3) is 0.667. The van der Waals surface area contributed by atoms with Gasteiger partial charge in [-0.15, -0.1) is 0 Å². The minimum atomic E-state index is 0.633. The Labute approximate surface area is 118 Å². The van der Waals surface area contributed by atoms with E-state index in [1.165, 1.54) is 56.2 Å². The molecule has 2 rings (SSSR count). The van der Waals surface area contributed by atoms with E-state index >= 15 is 0 Å². The molecule has 1 aromatic rings. The average Bonchev–Trinajstić information content (AvgIpc) is 2.92. The summed E-state index contributed by atoms with van der Waals surface area (Å²) in [5.74, 6) is 1.67. The van der Waals surface area contributed by atoms with Crippen molar-refractivity contribution in [3.63, 3.8) is 0 Å². The van der Waals surface area contributed by atoms with Crippen molar-refractivity contribution in [3.8, 4) is 0 Å². The topological polar surface area (TPSA) is 12.0 Å². The van der Waals surface area contributed by atoms with Crippen LogP contribution in [0, 0.1) is 5.92 Å². The average molecular weight is 259 g/mol. The van der Waals surface area contributed by atoms with Gasteiger partial charge in [-0.05, 0) is 42.3 Å². The second-order valence-electron chi connectivity index (χ2n) is 6.37. The van der Waals surface area contributed by atoms with E-state index in [1.807, 2.05) is 0 Å². The molecular formula is C18H29N. The third kappa shape index (κ3) is 4.99. The SMILES string of the molecule is CC(C)c1ccc(CNCCCC2CCCC2)cc1. The maximum Gasteiger partial charge on any atom is 0.0205 e. The summed E-state index contributed by atoms with van der Waals surface area (Å²) >= 11 is 0. The van der Waals surface area contributed by atoms with Crippen LogP contribution in [0.15, 0.2) is 24.3 Å². The van der Waals surface area contributed by atoms with Gasteiger partial charge in [-0.25, -0.2) is 0 Å². The maximum atomic E-state index is 3.57. The smallest absolute Gasteiger partial charge is 0.0205 e. The first-order valence-corrected chi connectivity index (χ1v) is 8.05. The van der Waals surface area contributed by atoms with Crippen LogP contribution in [0.1, 0.15) is 69.4 Å². The molecule has 1 N–H and O–H groups in total. The van der Waals surface area contributed by atoms with Crippen LogP contribution in [0.4, 0.5) is 0 Å². The molecule has 0 aromatic heterocycles. The first kappa shape index (κ1) is 14.6. The first-order valence-electron chi connectivity index (χ1n) is 8.05. The molecule has 0 radical (unpaired) electrons. The minimum absolute atomic E-state index is 0.633. The molecule has 1 aliphatic carbocycles. The van der Waals surface area contributed by atoms with Crippen LogP contribution in [0.3, 0.4) is 0 Å². The molecule has 19 heavy (non-hydrogen) atoms. The largest absolute Gasteiger partial charge is 0.313 e. The summed E-state index contributed by atoms with van der Waals surface area (Å²) in [6.45, 7) is 6.68. The van der Waals surface area contributed by atoms with Crippen LogP contribution in [0.2, 0.25) is 0 Å². The highest BCUT2D eigenvalue weighted by molar-refractivity contribution is 5.24. The fourth-order valence-corrected chi connectivity index (χ4v) is 3.07. The molecule has 1 aliphatic rings. The molecule has 0 heterocycles. The highest BCUT2D eigenvalue weighted by Gasteiger charge is 2.13. The summed E-state index contributed by atoms with van der Waals surface area (Å²) in [6.07, 6.45) is 8.68. The molecule has 106 valence electrons. The first-order chi connectivity index (χ1) is 9.25. The van der Waals surface area contributed by atoms with Gasteiger partial charge in [0.2, 0.25) is 0 Å². The number of benzene rings is 1. The van der Waals surface area contributed by atoms with Crippen LogP contribution < -0.4 is 5.32 Å². The Morgan fingerprint density at radius 3 is 2.42 bits per heavy atom. The predicted octanol–water partition coefficient (Wildman–Crippen LogP) is 4.87. The summed E-state index contributed by atoms with van der Waals surface area (Å²) in [4.78, 5) is 0. The summed E-state index contributed by atoms with van der Waals surface area (Å²) in [5.41, 5.74) is 2.84. The second kappa shape index (κ2) is 7.69. The Kier molecular flexibility index (Phi) is 5.91. The van der Waals surface area contributed by atoms with Gasteiger partial charge < -0.3 is 5.32 Å². The van der Waals surface area contributed by atoms with Crippen molar-refractivity contribution in [2.45, 2.75) is 64.8 Å². The van der Waals surface area contributed by atoms with Crippen LogP contribution >= 0.6 is 0 Å². The van der Waals surface area contributed by atoms with E-state index in [-0.39, 0.29) is 0 Å². The summed E-state index contributed by atoms with van der Waals surface area (Å²) in [5, 5.41) is 3.57. The van der Waals surface area contributed by atoms with Crippen molar-refractivity contribution in [2.75, 3.05) is 6.54 Å². The maximum absolute atomic E-state index is 3.57. The summed E-state index contributed by atoms with van der Waals surface area (Å²) in [7, 11) is 0. The number of hydrogen-bond acceptors (Lipinski definition) is 1. The molecule has 0 amide bonds. The molecule has 0 saturated heterocycles. The lowest BCUT2D eigenvalue weighted by Crippen LogP contribution is -2.15. The van der Waals surface area contributed by atoms with Crippen molar-refractivity contribution in [3.05, 3.63) is 35.4 Å². The van der Waals surface area contributed by atoms with Gasteiger partial charge in [0.25, 0.3) is 0 Å². The van der Waals surface area contributed by atoms with Crippen LogP contribution in [0.25, 0.3) is 0 Å². The third-order valence-corrected chi connectivity index (χ3v) is 4.42. The Morgan fingerprint density at radius 1 is 1.11 bits per heavy atom. The van der Waals surface area contributed by atoms with Gasteiger partial charge >= 0.3 is 0 Å². The molecule has 0 aliphatic heterocycles. The van der Waals surface area contributed by atoms with E-state index in [2.05, 4.69) is 43.4 Å². The lowest BCUT2D eigenvalue weighted by molar-refractivity contribution is 0.470. The fourth-order valence-electron chi connectivity index (χ4n) is 3.07. The Hall–Kier alpha value is -0.820. The zero-order valence-corrected chi connectivity index (χ0v) is 12.6. The Bertz CT molecular complexity index is 346. The van der Waals surface area contributed by atoms with E-state index in [1.54, 1.807) is 0 Å². The van der Waals surface area contributed by atoms with E-state index in [0.29, 0.717) is 5.92 Å². The van der Waals surface area contributed by atoms with Crippen molar-refractivity contribution >= 4 is 0 Å². The zero-order chi connectivity index (χ0) is 13.5. The highest BCUT2D eigenvalue weighted by atomic mass is 14.8. The molecular weight excluding hydrogens is 230 g/mol. The third-order valence-electron chi connectivity index (χ3n) is 4.42. The molecule has 0 unspecified atom stereocenters. The van der Waals surface area contributed by atoms with Gasteiger partial charge in [0.05, 0.1) is 0 Å². The quantitative estimate of drug-likeness (QED) is 0.689. The predicted molar refractivity (Wildman–Crippen MR) is 83.4 cm³/mol. The van der Waals surface area contributed by atoms with E-state index in [4.69, 9.17) is 0 Å². The lowest BCUT2D eigenvalue weighted by atomic mass is 10.0. The number of nitrogens with one attached hydrogen (secondary N) is 1. The van der Waals surface area contributed by atoms with Gasteiger partial charge in [0.1, 0.15) is 0 Å². The van der Waals surface area contributed by atoms with Crippen LogP contribution in [0.5, 0.6) is 0 Å². The zero-order valence-electron chi connectivity index (χ0n) is 12.6. The van der Waals surface area contributed by atoms with Gasteiger partial charge in [-0.1, -0.05) is 63.8 Å². The van der Waals surface area contributed by atoms with Crippen molar-refractivity contribution in [2.24, 2.45) is 5.92 Å². The van der Waals surface area contributed by atoms with Gasteiger partial charge in [0.15, 0.2) is 0 Å². The summed E-state index contributed by atoms with van der Waals surface area (Å²) < 4.78 is 0. The minimum Gasteiger partial charge on any atom is -0.313 e. The molecule has 1 aromatic carbocycles. The van der Waals surface area contributed by atoms with E-state index in [9.17, 15) is 0 Å². The molecule has 1 heteroatoms. The molecule has 1 nitrogen and oxygen atoms in total. The van der Waals surface area contributed by atoms with Crippen molar-refractivity contribution < 1.29 is 0 Å². The van der Waals surface area contributed by atoms with Crippen molar-refractivity contribution in [1.82, 2.24) is 5.32 Å². The number of rotatable bonds is 7. The monoisotopic (exact) mass is 259 g/mol. The van der Waals surface area contributed by atoms with E-state index in [0.717, 1.165) is 12.5 Å². The van der Waals surface area contributed by atoms with Crippen LogP contribution in [-0.2, 0) is 6.54 Å². The van der Waals surface area contributed by atoms with Gasteiger partial charge in [-0.3, -0.25) is 0 Å². The van der Waals surface area contributed by atoms with Gasteiger partial charge in [-0.2, -0.15) is 0 Å². The lowest BCUT2D eigenvalue weighted by Gasteiger charge is -2.10. The Morgan fingerprint density at radius 2 is 1.79 bits per heavy atom. The summed E-state index contributed by atoms with van der Waals surface area (Å²) in [6, 6.07) is 9.05. The molecule has 0 atom stereocenters. The van der Waals surface area contributed by atoms with Crippen molar-refractivity contribution in [1.29, 1.82) is 0 Å². The van der Waals surface area contributed by atoms with Crippen LogP contribution in [-0.4, -0.2) is 6.54 Å². The molecule has 1 saturated carbocycles. The second-order valence-corrected chi connectivity index (χ2v) is 6.37. The number of hydrogen-bond donors (Lipinski definition) is 1. The Balaban J connectivity index is 1.59. The molecule has 1 fully saturated rings. The normalized spacial score (nSPS) is 16.4. The molecule has 0 bridgehead atoms.